The molecule has 0 radical (unpaired) electrons. The van der Waals surface area contributed by atoms with Crippen LogP contribution < -0.4 is 4.74 Å². The van der Waals surface area contributed by atoms with Gasteiger partial charge in [0.15, 0.2) is 5.78 Å². The molecule has 0 saturated carbocycles. The van der Waals surface area contributed by atoms with Crippen LogP contribution in [0.1, 0.15) is 37.0 Å². The predicted octanol–water partition coefficient (Wildman–Crippen LogP) is 3.00. The maximum atomic E-state index is 12.3. The first-order chi connectivity index (χ1) is 9.11. The van der Waals surface area contributed by atoms with Gasteiger partial charge in [0.1, 0.15) is 5.75 Å². The maximum Gasteiger partial charge on any atom is 0.176 e. The molecule has 1 aliphatic rings. The molecule has 1 aromatic carbocycles. The normalized spacial score (nSPS) is 19.9. The molecule has 1 heterocycles. The lowest BCUT2D eigenvalue weighted by Crippen LogP contribution is -2.37. The van der Waals surface area contributed by atoms with Crippen molar-refractivity contribution >= 4 is 5.78 Å². The van der Waals surface area contributed by atoms with Crippen molar-refractivity contribution in [3.8, 4) is 5.75 Å². The van der Waals surface area contributed by atoms with E-state index in [1.54, 1.807) is 7.11 Å². The molecular formula is C16H23NO2. The lowest BCUT2D eigenvalue weighted by molar-refractivity contribution is 0.0903. The number of ketones is 1. The number of benzene rings is 1. The number of rotatable bonds is 5. The van der Waals surface area contributed by atoms with Gasteiger partial charge in [-0.3, -0.25) is 9.69 Å². The highest BCUT2D eigenvalue weighted by Gasteiger charge is 2.28. The summed E-state index contributed by atoms with van der Waals surface area (Å²) in [5, 5.41) is 0. The summed E-state index contributed by atoms with van der Waals surface area (Å²) in [7, 11) is 1.62. The second-order valence-electron chi connectivity index (χ2n) is 5.58. The zero-order valence-corrected chi connectivity index (χ0v) is 12.1. The Hall–Kier alpha value is -1.35. The summed E-state index contributed by atoms with van der Waals surface area (Å²) in [4.78, 5) is 14.7. The lowest BCUT2D eigenvalue weighted by Gasteiger charge is -2.26. The molecule has 1 aromatic rings. The Labute approximate surface area is 115 Å². The third kappa shape index (κ3) is 3.35. The number of Topliss-reactive ketones (excluding diaryl/α,β-unsaturated/α-hetero) is 1. The Morgan fingerprint density at radius 1 is 1.47 bits per heavy atom. The maximum absolute atomic E-state index is 12.3. The molecule has 0 bridgehead atoms. The quantitative estimate of drug-likeness (QED) is 0.763. The van der Waals surface area contributed by atoms with Crippen LogP contribution in [0.4, 0.5) is 0 Å². The number of hydrogen-bond acceptors (Lipinski definition) is 3. The molecule has 1 unspecified atom stereocenters. The minimum atomic E-state index is 0.187. The van der Waals surface area contributed by atoms with Gasteiger partial charge in [0.05, 0.1) is 13.7 Å². The fraction of sp³-hybridized carbons (Fsp3) is 0.562. The number of nitrogens with zero attached hydrogens (tertiary/aromatic N) is 1. The van der Waals surface area contributed by atoms with E-state index in [-0.39, 0.29) is 5.78 Å². The molecule has 0 aliphatic carbocycles. The summed E-state index contributed by atoms with van der Waals surface area (Å²) in [5.41, 5.74) is 0.744. The van der Waals surface area contributed by atoms with Crippen LogP contribution in [0, 0.1) is 5.92 Å². The number of hydrogen-bond donors (Lipinski definition) is 0. The van der Waals surface area contributed by atoms with Gasteiger partial charge < -0.3 is 4.74 Å². The Morgan fingerprint density at radius 2 is 2.26 bits per heavy atom. The molecular weight excluding hydrogens is 238 g/mol. The van der Waals surface area contributed by atoms with Gasteiger partial charge in [-0.25, -0.2) is 0 Å². The third-order valence-corrected chi connectivity index (χ3v) is 3.92. The van der Waals surface area contributed by atoms with Crippen LogP contribution >= 0.6 is 0 Å². The molecule has 1 atom stereocenters. The summed E-state index contributed by atoms with van der Waals surface area (Å²) in [6.07, 6.45) is 2.41. The van der Waals surface area contributed by atoms with Crippen molar-refractivity contribution in [3.05, 3.63) is 29.8 Å². The van der Waals surface area contributed by atoms with E-state index in [9.17, 15) is 4.79 Å². The predicted molar refractivity (Wildman–Crippen MR) is 76.8 cm³/mol. The monoisotopic (exact) mass is 261 g/mol. The number of ether oxygens (including phenoxy) is 1. The molecule has 3 nitrogen and oxygen atoms in total. The van der Waals surface area contributed by atoms with Gasteiger partial charge >= 0.3 is 0 Å². The van der Waals surface area contributed by atoms with Crippen LogP contribution in [-0.4, -0.2) is 36.9 Å². The molecule has 0 spiro atoms. The zero-order chi connectivity index (χ0) is 13.8. The second kappa shape index (κ2) is 6.20. The van der Waals surface area contributed by atoms with Crippen LogP contribution in [-0.2, 0) is 0 Å². The van der Waals surface area contributed by atoms with E-state index in [4.69, 9.17) is 4.74 Å². The van der Waals surface area contributed by atoms with Gasteiger partial charge in [0, 0.05) is 11.6 Å². The highest BCUT2D eigenvalue weighted by Crippen LogP contribution is 2.24. The Bertz CT molecular complexity index is 442. The average molecular weight is 261 g/mol. The number of carbonyl (C=O) groups is 1. The number of methoxy groups -OCH3 is 1. The van der Waals surface area contributed by atoms with Crippen molar-refractivity contribution in [2.24, 2.45) is 5.92 Å². The van der Waals surface area contributed by atoms with Gasteiger partial charge in [-0.1, -0.05) is 26.0 Å². The Balaban J connectivity index is 2.04. The molecule has 0 aromatic heterocycles. The minimum absolute atomic E-state index is 0.187. The SMILES string of the molecule is COc1cccc(C(=O)CN2CCCC2C(C)C)c1. The first-order valence-corrected chi connectivity index (χ1v) is 7.03. The van der Waals surface area contributed by atoms with Crippen LogP contribution in [0.15, 0.2) is 24.3 Å². The topological polar surface area (TPSA) is 29.5 Å². The van der Waals surface area contributed by atoms with E-state index >= 15 is 0 Å². The molecule has 1 saturated heterocycles. The standard InChI is InChI=1S/C16H23NO2/c1-12(2)15-8-5-9-17(15)11-16(18)13-6-4-7-14(10-13)19-3/h4,6-7,10,12,15H,5,8-9,11H2,1-3H3. The number of likely N-dealkylation sites (tertiary alicyclic amines) is 1. The first kappa shape index (κ1) is 14.1. The summed E-state index contributed by atoms with van der Waals surface area (Å²) in [6, 6.07) is 7.97. The zero-order valence-electron chi connectivity index (χ0n) is 12.1. The van der Waals surface area contributed by atoms with E-state index in [0.29, 0.717) is 18.5 Å². The summed E-state index contributed by atoms with van der Waals surface area (Å²) >= 11 is 0. The van der Waals surface area contributed by atoms with Crippen LogP contribution in [0.25, 0.3) is 0 Å². The second-order valence-corrected chi connectivity index (χ2v) is 5.58. The molecule has 104 valence electrons. The third-order valence-electron chi connectivity index (χ3n) is 3.92. The van der Waals surface area contributed by atoms with Crippen molar-refractivity contribution < 1.29 is 9.53 Å². The van der Waals surface area contributed by atoms with Gasteiger partial charge in [-0.15, -0.1) is 0 Å². The first-order valence-electron chi connectivity index (χ1n) is 7.03. The van der Waals surface area contributed by atoms with Gasteiger partial charge in [0.25, 0.3) is 0 Å². The molecule has 0 N–H and O–H groups in total. The van der Waals surface area contributed by atoms with Gasteiger partial charge in [-0.2, -0.15) is 0 Å². The molecule has 2 rings (SSSR count). The smallest absolute Gasteiger partial charge is 0.176 e. The molecule has 3 heteroatoms. The van der Waals surface area contributed by atoms with Gasteiger partial charge in [-0.05, 0) is 37.4 Å². The lowest BCUT2D eigenvalue weighted by atomic mass is 10.0. The average Bonchev–Trinajstić information content (AvgIpc) is 2.87. The van der Waals surface area contributed by atoms with Crippen molar-refractivity contribution in [2.75, 3.05) is 20.2 Å². The van der Waals surface area contributed by atoms with E-state index in [1.807, 2.05) is 24.3 Å². The van der Waals surface area contributed by atoms with Crippen molar-refractivity contribution in [1.29, 1.82) is 0 Å². The van der Waals surface area contributed by atoms with E-state index in [0.717, 1.165) is 17.9 Å². The van der Waals surface area contributed by atoms with E-state index in [2.05, 4.69) is 18.7 Å². The van der Waals surface area contributed by atoms with Crippen LogP contribution in [0.3, 0.4) is 0 Å². The van der Waals surface area contributed by atoms with Crippen molar-refractivity contribution in [1.82, 2.24) is 4.90 Å². The summed E-state index contributed by atoms with van der Waals surface area (Å²) in [5.74, 6) is 1.54. The van der Waals surface area contributed by atoms with Crippen molar-refractivity contribution in [2.45, 2.75) is 32.7 Å². The molecule has 1 aliphatic heterocycles. The Morgan fingerprint density at radius 3 is 2.95 bits per heavy atom. The summed E-state index contributed by atoms with van der Waals surface area (Å²) in [6.45, 7) is 6.03. The molecule has 0 amide bonds. The van der Waals surface area contributed by atoms with Crippen LogP contribution in [0.2, 0.25) is 0 Å². The van der Waals surface area contributed by atoms with Crippen molar-refractivity contribution in [3.63, 3.8) is 0 Å². The minimum Gasteiger partial charge on any atom is -0.497 e. The fourth-order valence-electron chi connectivity index (χ4n) is 2.88. The summed E-state index contributed by atoms with van der Waals surface area (Å²) < 4.78 is 5.17. The van der Waals surface area contributed by atoms with E-state index < -0.39 is 0 Å². The fourth-order valence-corrected chi connectivity index (χ4v) is 2.88. The highest BCUT2D eigenvalue weighted by molar-refractivity contribution is 5.98. The highest BCUT2D eigenvalue weighted by atomic mass is 16.5. The van der Waals surface area contributed by atoms with Crippen LogP contribution in [0.5, 0.6) is 5.75 Å². The van der Waals surface area contributed by atoms with E-state index in [1.165, 1.54) is 12.8 Å². The molecule has 19 heavy (non-hydrogen) atoms. The van der Waals surface area contributed by atoms with Gasteiger partial charge in [0.2, 0.25) is 0 Å². The molecule has 1 fully saturated rings. The largest absolute Gasteiger partial charge is 0.497 e. The number of carbonyl (C=O) groups excluding carboxylic acids is 1. The Kier molecular flexibility index (Phi) is 4.59.